The van der Waals surface area contributed by atoms with Gasteiger partial charge in [0.15, 0.2) is 17.0 Å². The van der Waals surface area contributed by atoms with E-state index in [0.717, 1.165) is 22.1 Å². The van der Waals surface area contributed by atoms with E-state index < -0.39 is 6.08 Å². The maximum atomic E-state index is 14.1. The lowest BCUT2D eigenvalue weighted by Gasteiger charge is -2.20. The number of rotatable bonds is 8. The van der Waals surface area contributed by atoms with Crippen LogP contribution in [0.3, 0.4) is 0 Å². The fourth-order valence-electron chi connectivity index (χ4n) is 3.61. The van der Waals surface area contributed by atoms with Crippen LogP contribution in [0.1, 0.15) is 37.6 Å². The third kappa shape index (κ3) is 4.59. The molecule has 1 unspecified atom stereocenters. The normalized spacial score (nSPS) is 14.5. The first-order valence-corrected chi connectivity index (χ1v) is 11.1. The summed E-state index contributed by atoms with van der Waals surface area (Å²) < 4.78 is 28.1. The Hall–Kier alpha value is -2.47. The number of hydrogen-bond donors (Lipinski definition) is 2. The summed E-state index contributed by atoms with van der Waals surface area (Å²) in [6.07, 6.45) is 1.54. The molecule has 0 radical (unpaired) electrons. The van der Waals surface area contributed by atoms with Gasteiger partial charge in [0.1, 0.15) is 23.8 Å². The van der Waals surface area contributed by atoms with Crippen molar-refractivity contribution >= 4 is 39.6 Å². The predicted octanol–water partition coefficient (Wildman–Crippen LogP) is 3.52. The average Bonchev–Trinajstić information content (AvgIpc) is 3.36. The van der Waals surface area contributed by atoms with E-state index in [1.165, 1.54) is 0 Å². The van der Waals surface area contributed by atoms with Crippen LogP contribution in [0.4, 0.5) is 10.2 Å². The lowest BCUT2D eigenvalue weighted by atomic mass is 9.96. The third-order valence-electron chi connectivity index (χ3n) is 4.99. The van der Waals surface area contributed by atoms with Crippen LogP contribution in [-0.4, -0.2) is 38.9 Å². The number of anilines is 1. The van der Waals surface area contributed by atoms with E-state index in [0.29, 0.717) is 35.3 Å². The molecule has 8 nitrogen and oxygen atoms in total. The quantitative estimate of drug-likeness (QED) is 0.257. The Bertz CT molecular complexity index is 1120. The Morgan fingerprint density at radius 3 is 2.77 bits per heavy atom. The zero-order valence-electron chi connectivity index (χ0n) is 17.3. The highest BCUT2D eigenvalue weighted by molar-refractivity contribution is 14.1. The molecule has 0 saturated carbocycles. The number of aromatic nitrogens is 4. The number of ether oxygens (including phenoxy) is 2. The number of allylic oxidation sites excluding steroid dienone is 1. The van der Waals surface area contributed by atoms with Gasteiger partial charge in [-0.05, 0) is 47.2 Å². The summed E-state index contributed by atoms with van der Waals surface area (Å²) >= 11 is 2.29. The highest BCUT2D eigenvalue weighted by Crippen LogP contribution is 2.38. The van der Waals surface area contributed by atoms with Crippen molar-refractivity contribution in [1.82, 2.24) is 24.8 Å². The molecular formula is C21H24FIN6O2. The van der Waals surface area contributed by atoms with Crippen molar-refractivity contribution in [3.63, 3.8) is 0 Å². The average molecular weight is 538 g/mol. The third-order valence-corrected chi connectivity index (χ3v) is 5.97. The first-order valence-electron chi connectivity index (χ1n) is 10.1. The molecule has 0 bridgehead atoms. The molecule has 0 fully saturated rings. The van der Waals surface area contributed by atoms with Crippen LogP contribution < -0.4 is 11.1 Å². The summed E-state index contributed by atoms with van der Waals surface area (Å²) in [4.78, 5) is 12.5. The number of aryl methyl sites for hydroxylation is 1. The van der Waals surface area contributed by atoms with Gasteiger partial charge in [0.2, 0.25) is 6.79 Å². The van der Waals surface area contributed by atoms with Crippen molar-refractivity contribution in [2.75, 3.05) is 19.1 Å². The standard InChI is InChI=1S/C21H24FIN6O2/c1-12(2)25-8-5-9-29-19(26-17-18(24)27-21(22)28-20(17)29)16(15-10-30-11-31-15)13-6-3-4-7-14(13)23/h3-4,6-7,10,12,16,25H,5,8-9,11H2,1-2H3,(H2,24,27,28). The number of nitrogen functional groups attached to an aromatic ring is 1. The largest absolute Gasteiger partial charge is 0.462 e. The number of hydrogen-bond acceptors (Lipinski definition) is 7. The summed E-state index contributed by atoms with van der Waals surface area (Å²) in [5.74, 6) is 0.951. The maximum Gasteiger partial charge on any atom is 0.312 e. The minimum absolute atomic E-state index is 0.0156. The lowest BCUT2D eigenvalue weighted by molar-refractivity contribution is 0.0764. The van der Waals surface area contributed by atoms with Crippen LogP contribution in [0.15, 0.2) is 36.3 Å². The highest BCUT2D eigenvalue weighted by atomic mass is 127. The highest BCUT2D eigenvalue weighted by Gasteiger charge is 2.32. The number of nitrogens with zero attached hydrogens (tertiary/aromatic N) is 4. The van der Waals surface area contributed by atoms with Crippen molar-refractivity contribution in [1.29, 1.82) is 0 Å². The first kappa shape index (κ1) is 21.8. The summed E-state index contributed by atoms with van der Waals surface area (Å²) in [6.45, 7) is 5.72. The van der Waals surface area contributed by atoms with Gasteiger partial charge in [-0.15, -0.1) is 0 Å². The summed E-state index contributed by atoms with van der Waals surface area (Å²) in [5.41, 5.74) is 7.76. The molecule has 164 valence electrons. The molecule has 1 aliphatic heterocycles. The molecule has 3 aromatic rings. The number of fused-ring (bicyclic) bond motifs is 1. The number of nitrogens with one attached hydrogen (secondary N) is 1. The van der Waals surface area contributed by atoms with Crippen LogP contribution in [-0.2, 0) is 16.0 Å². The Morgan fingerprint density at radius 2 is 2.06 bits per heavy atom. The second kappa shape index (κ2) is 9.35. The first-order chi connectivity index (χ1) is 15.0. The van der Waals surface area contributed by atoms with Gasteiger partial charge < -0.3 is 25.1 Å². The molecule has 31 heavy (non-hydrogen) atoms. The van der Waals surface area contributed by atoms with Crippen molar-refractivity contribution in [3.8, 4) is 0 Å². The van der Waals surface area contributed by atoms with Gasteiger partial charge in [0, 0.05) is 16.2 Å². The molecule has 0 amide bonds. The summed E-state index contributed by atoms with van der Waals surface area (Å²) in [5, 5.41) is 3.40. The fourth-order valence-corrected chi connectivity index (χ4v) is 4.31. The molecular weight excluding hydrogens is 514 g/mol. The fraction of sp³-hybridized carbons (Fsp3) is 0.381. The zero-order valence-corrected chi connectivity index (χ0v) is 19.5. The Kier molecular flexibility index (Phi) is 6.56. The van der Waals surface area contributed by atoms with E-state index in [4.69, 9.17) is 20.2 Å². The van der Waals surface area contributed by atoms with Gasteiger partial charge >= 0.3 is 6.08 Å². The van der Waals surface area contributed by atoms with Crippen LogP contribution in [0.5, 0.6) is 0 Å². The lowest BCUT2D eigenvalue weighted by Crippen LogP contribution is -2.25. The molecule has 4 rings (SSSR count). The molecule has 0 saturated heterocycles. The molecule has 2 aromatic heterocycles. The van der Waals surface area contributed by atoms with Crippen LogP contribution in [0.25, 0.3) is 11.2 Å². The van der Waals surface area contributed by atoms with Crippen molar-refractivity contribution < 1.29 is 13.9 Å². The summed E-state index contributed by atoms with van der Waals surface area (Å²) in [7, 11) is 0. The van der Waals surface area contributed by atoms with E-state index in [1.807, 2.05) is 28.8 Å². The van der Waals surface area contributed by atoms with Crippen LogP contribution in [0, 0.1) is 9.65 Å². The molecule has 3 N–H and O–H groups in total. The smallest absolute Gasteiger partial charge is 0.312 e. The van der Waals surface area contributed by atoms with Crippen molar-refractivity contribution in [3.05, 3.63) is 57.3 Å². The molecule has 0 aliphatic carbocycles. The SMILES string of the molecule is CC(C)NCCCn1c(C(C2=COCO2)c2ccccc2I)nc2c(N)nc(F)nc21. The van der Waals surface area contributed by atoms with E-state index in [1.54, 1.807) is 6.26 Å². The molecule has 1 atom stereocenters. The van der Waals surface area contributed by atoms with Crippen LogP contribution >= 0.6 is 22.6 Å². The second-order valence-corrected chi connectivity index (χ2v) is 8.70. The Balaban J connectivity index is 1.85. The monoisotopic (exact) mass is 538 g/mol. The molecule has 10 heteroatoms. The van der Waals surface area contributed by atoms with E-state index in [2.05, 4.69) is 51.7 Å². The number of benzene rings is 1. The van der Waals surface area contributed by atoms with E-state index in [9.17, 15) is 4.39 Å². The van der Waals surface area contributed by atoms with Gasteiger partial charge in [-0.2, -0.15) is 14.4 Å². The number of halogens is 2. The van der Waals surface area contributed by atoms with E-state index in [-0.39, 0.29) is 18.5 Å². The molecule has 1 aliphatic rings. The minimum Gasteiger partial charge on any atom is -0.462 e. The molecule has 3 heterocycles. The number of imidazole rings is 1. The topological polar surface area (TPSA) is 100 Å². The van der Waals surface area contributed by atoms with Gasteiger partial charge in [0.05, 0.1) is 0 Å². The molecule has 1 aromatic carbocycles. The number of nitrogens with two attached hydrogens (primary N) is 1. The summed E-state index contributed by atoms with van der Waals surface area (Å²) in [6, 6.07) is 8.36. The van der Waals surface area contributed by atoms with E-state index >= 15 is 0 Å². The predicted molar refractivity (Wildman–Crippen MR) is 124 cm³/mol. The van der Waals surface area contributed by atoms with Crippen LogP contribution in [0.2, 0.25) is 0 Å². The molecule has 0 spiro atoms. The van der Waals surface area contributed by atoms with Gasteiger partial charge in [-0.25, -0.2) is 4.98 Å². The van der Waals surface area contributed by atoms with Gasteiger partial charge in [0.25, 0.3) is 0 Å². The minimum atomic E-state index is -0.872. The maximum absolute atomic E-state index is 14.1. The van der Waals surface area contributed by atoms with Gasteiger partial charge in [-0.1, -0.05) is 32.0 Å². The Labute approximate surface area is 193 Å². The zero-order chi connectivity index (χ0) is 22.0. The second-order valence-electron chi connectivity index (χ2n) is 7.54. The van der Waals surface area contributed by atoms with Crippen molar-refractivity contribution in [2.45, 2.75) is 38.8 Å². The van der Waals surface area contributed by atoms with Crippen molar-refractivity contribution in [2.24, 2.45) is 0 Å². The van der Waals surface area contributed by atoms with Gasteiger partial charge in [-0.3, -0.25) is 0 Å². The Morgan fingerprint density at radius 1 is 1.26 bits per heavy atom.